The highest BCUT2D eigenvalue weighted by atomic mass is 16.5. The summed E-state index contributed by atoms with van der Waals surface area (Å²) < 4.78 is 11.3. The Morgan fingerprint density at radius 2 is 1.89 bits per heavy atom. The average molecular weight is 478 g/mol. The van der Waals surface area contributed by atoms with Crippen LogP contribution in [-0.2, 0) is 9.59 Å². The Balaban J connectivity index is 1.64. The molecule has 0 bridgehead atoms. The highest BCUT2D eigenvalue weighted by molar-refractivity contribution is 5.88. The monoisotopic (exact) mass is 477 g/mol. The molecule has 1 saturated carbocycles. The molecule has 0 saturated heterocycles. The van der Waals surface area contributed by atoms with Crippen LogP contribution in [0.3, 0.4) is 0 Å². The van der Waals surface area contributed by atoms with Crippen molar-refractivity contribution in [3.05, 3.63) is 59.8 Å². The van der Waals surface area contributed by atoms with E-state index in [-0.39, 0.29) is 23.7 Å². The van der Waals surface area contributed by atoms with Crippen molar-refractivity contribution in [3.8, 4) is 11.5 Å². The highest BCUT2D eigenvalue weighted by Crippen LogP contribution is 2.36. The number of ether oxygens (including phenoxy) is 2. The molecule has 7 nitrogen and oxygen atoms in total. The Hall–Kier alpha value is -3.48. The van der Waals surface area contributed by atoms with Crippen LogP contribution < -0.4 is 20.1 Å². The number of fused-ring (bicyclic) bond motifs is 1. The summed E-state index contributed by atoms with van der Waals surface area (Å²) in [6, 6.07) is 13.6. The minimum Gasteiger partial charge on any atom is -0.493 e. The number of nitrogens with one attached hydrogen (secondary N) is 3. The first-order valence-electron chi connectivity index (χ1n) is 12.4. The number of hydrogen-bond acceptors (Lipinski definition) is 4. The number of carbonyl (C=O) groups excluding carboxylic acids is 2. The van der Waals surface area contributed by atoms with Gasteiger partial charge in [0.2, 0.25) is 11.8 Å². The van der Waals surface area contributed by atoms with Gasteiger partial charge in [0.15, 0.2) is 11.5 Å². The Labute approximate surface area is 206 Å². The minimum atomic E-state index is -0.506. The van der Waals surface area contributed by atoms with E-state index in [4.69, 9.17) is 9.47 Å². The smallest absolute Gasteiger partial charge is 0.242 e. The molecule has 2 amide bonds. The Morgan fingerprint density at radius 1 is 1.11 bits per heavy atom. The van der Waals surface area contributed by atoms with Crippen LogP contribution in [0.1, 0.15) is 56.6 Å². The predicted molar refractivity (Wildman–Crippen MR) is 137 cm³/mol. The maximum atomic E-state index is 13.3. The van der Waals surface area contributed by atoms with Crippen LogP contribution in [0.2, 0.25) is 0 Å². The summed E-state index contributed by atoms with van der Waals surface area (Å²) in [6.07, 6.45) is 6.11. The molecule has 1 aromatic heterocycles. The molecule has 1 fully saturated rings. The molecule has 0 aliphatic heterocycles. The maximum Gasteiger partial charge on any atom is 0.242 e. The van der Waals surface area contributed by atoms with Gasteiger partial charge >= 0.3 is 0 Å². The van der Waals surface area contributed by atoms with Crippen LogP contribution in [0.25, 0.3) is 10.9 Å². The van der Waals surface area contributed by atoms with Crippen LogP contribution in [0.5, 0.6) is 11.5 Å². The lowest BCUT2D eigenvalue weighted by Crippen LogP contribution is -2.50. The summed E-state index contributed by atoms with van der Waals surface area (Å²) in [5, 5.41) is 7.16. The third-order valence-corrected chi connectivity index (χ3v) is 6.88. The maximum absolute atomic E-state index is 13.3. The molecule has 4 rings (SSSR count). The van der Waals surface area contributed by atoms with Gasteiger partial charge in [-0.25, -0.2) is 0 Å². The largest absolute Gasteiger partial charge is 0.493 e. The molecule has 3 N–H and O–H groups in total. The standard InChI is InChI=1S/C28H35N3O4/c1-4-35-25-14-13-20(15-26(25)34-3)22(23-17-29-24-12-8-7-11-21(23)24)16-30-28(33)27(31-18(2)32)19-9-5-6-10-19/h7-8,11-15,17,19,22,27,29H,4-6,9-10,16H2,1-3H3,(H,30,33)(H,31,32). The molecule has 35 heavy (non-hydrogen) atoms. The van der Waals surface area contributed by atoms with Gasteiger partial charge in [0.05, 0.1) is 13.7 Å². The zero-order valence-electron chi connectivity index (χ0n) is 20.7. The fraction of sp³-hybridized carbons (Fsp3) is 0.429. The number of amides is 2. The van der Waals surface area contributed by atoms with Crippen molar-refractivity contribution in [1.82, 2.24) is 15.6 Å². The lowest BCUT2D eigenvalue weighted by molar-refractivity contribution is -0.129. The summed E-state index contributed by atoms with van der Waals surface area (Å²) in [5.41, 5.74) is 3.13. The van der Waals surface area contributed by atoms with Crippen molar-refractivity contribution in [2.45, 2.75) is 51.5 Å². The predicted octanol–water partition coefficient (Wildman–Crippen LogP) is 4.52. The SMILES string of the molecule is CCOc1ccc(C(CNC(=O)C(NC(C)=O)C2CCCC2)c2c[nH]c3ccccc23)cc1OC. The van der Waals surface area contributed by atoms with Gasteiger partial charge in [-0.05, 0) is 55.0 Å². The molecule has 1 aliphatic rings. The number of aromatic nitrogens is 1. The lowest BCUT2D eigenvalue weighted by atomic mass is 9.90. The van der Waals surface area contributed by atoms with Crippen molar-refractivity contribution in [2.75, 3.05) is 20.3 Å². The molecule has 186 valence electrons. The van der Waals surface area contributed by atoms with Crippen LogP contribution in [0.15, 0.2) is 48.7 Å². The first-order chi connectivity index (χ1) is 17.0. The second-order valence-electron chi connectivity index (χ2n) is 9.15. The number of methoxy groups -OCH3 is 1. The third-order valence-electron chi connectivity index (χ3n) is 6.88. The van der Waals surface area contributed by atoms with E-state index in [9.17, 15) is 9.59 Å². The second kappa shape index (κ2) is 11.3. The Bertz CT molecular complexity index is 1170. The van der Waals surface area contributed by atoms with E-state index in [1.54, 1.807) is 7.11 Å². The van der Waals surface area contributed by atoms with Crippen LogP contribution >= 0.6 is 0 Å². The van der Waals surface area contributed by atoms with Crippen LogP contribution in [0, 0.1) is 5.92 Å². The van der Waals surface area contributed by atoms with Crippen molar-refractivity contribution in [2.24, 2.45) is 5.92 Å². The summed E-state index contributed by atoms with van der Waals surface area (Å²) >= 11 is 0. The van der Waals surface area contributed by atoms with Crippen molar-refractivity contribution < 1.29 is 19.1 Å². The average Bonchev–Trinajstić information content (AvgIpc) is 3.54. The van der Waals surface area contributed by atoms with Gasteiger partial charge in [0, 0.05) is 36.5 Å². The lowest BCUT2D eigenvalue weighted by Gasteiger charge is -2.25. The van der Waals surface area contributed by atoms with E-state index in [1.165, 1.54) is 6.92 Å². The number of carbonyl (C=O) groups is 2. The minimum absolute atomic E-state index is 0.124. The molecular weight excluding hydrogens is 442 g/mol. The van der Waals surface area contributed by atoms with Gasteiger partial charge in [-0.15, -0.1) is 0 Å². The van der Waals surface area contributed by atoms with Gasteiger partial charge in [-0.1, -0.05) is 37.1 Å². The zero-order valence-corrected chi connectivity index (χ0v) is 20.7. The van der Waals surface area contributed by atoms with Crippen LogP contribution in [0.4, 0.5) is 0 Å². The van der Waals surface area contributed by atoms with Gasteiger partial charge in [0.1, 0.15) is 6.04 Å². The van der Waals surface area contributed by atoms with E-state index < -0.39 is 6.04 Å². The van der Waals surface area contributed by atoms with Gasteiger partial charge in [0.25, 0.3) is 0 Å². The summed E-state index contributed by atoms with van der Waals surface area (Å²) in [5.74, 6) is 1.09. The van der Waals surface area contributed by atoms with E-state index in [2.05, 4.69) is 21.7 Å². The van der Waals surface area contributed by atoms with Gasteiger partial charge < -0.3 is 25.1 Å². The van der Waals surface area contributed by atoms with Gasteiger partial charge in [-0.3, -0.25) is 9.59 Å². The molecule has 3 aromatic rings. The number of aromatic amines is 1. The summed E-state index contributed by atoms with van der Waals surface area (Å²) in [6.45, 7) is 4.34. The van der Waals surface area contributed by atoms with E-state index in [0.717, 1.165) is 47.7 Å². The van der Waals surface area contributed by atoms with E-state index >= 15 is 0 Å². The van der Waals surface area contributed by atoms with Crippen LogP contribution in [-0.4, -0.2) is 43.1 Å². The molecule has 2 aromatic carbocycles. The molecule has 2 unspecified atom stereocenters. The zero-order chi connectivity index (χ0) is 24.8. The Morgan fingerprint density at radius 3 is 2.60 bits per heavy atom. The van der Waals surface area contributed by atoms with Crippen molar-refractivity contribution >= 4 is 22.7 Å². The highest BCUT2D eigenvalue weighted by Gasteiger charge is 2.32. The number of benzene rings is 2. The van der Waals surface area contributed by atoms with Gasteiger partial charge in [-0.2, -0.15) is 0 Å². The molecule has 0 radical (unpaired) electrons. The first kappa shape index (κ1) is 24.6. The molecule has 2 atom stereocenters. The second-order valence-corrected chi connectivity index (χ2v) is 9.15. The molecular formula is C28H35N3O4. The van der Waals surface area contributed by atoms with E-state index in [1.807, 2.05) is 49.5 Å². The summed E-state index contributed by atoms with van der Waals surface area (Å²) in [7, 11) is 1.63. The number of H-pyrrole nitrogens is 1. The van der Waals surface area contributed by atoms with Crippen molar-refractivity contribution in [1.29, 1.82) is 0 Å². The third kappa shape index (κ3) is 5.61. The fourth-order valence-electron chi connectivity index (χ4n) is 5.19. The normalized spacial score (nSPS) is 15.5. The quantitative estimate of drug-likeness (QED) is 0.400. The van der Waals surface area contributed by atoms with Crippen molar-refractivity contribution in [3.63, 3.8) is 0 Å². The summed E-state index contributed by atoms with van der Waals surface area (Å²) in [4.78, 5) is 28.5. The first-order valence-corrected chi connectivity index (χ1v) is 12.4. The number of hydrogen-bond donors (Lipinski definition) is 3. The molecule has 0 spiro atoms. The topological polar surface area (TPSA) is 92.5 Å². The molecule has 1 heterocycles. The Kier molecular flexibility index (Phi) is 7.95. The fourth-order valence-corrected chi connectivity index (χ4v) is 5.19. The number of rotatable bonds is 10. The number of para-hydroxylation sites is 1. The molecule has 1 aliphatic carbocycles. The van der Waals surface area contributed by atoms with E-state index in [0.29, 0.717) is 24.7 Å². The molecule has 7 heteroatoms.